The first-order chi connectivity index (χ1) is 7.93. The molecule has 0 aliphatic rings. The lowest BCUT2D eigenvalue weighted by molar-refractivity contribution is 0.730. The number of hydrogen-bond donors (Lipinski definition) is 1. The smallest absolute Gasteiger partial charge is 0.132 e. The zero-order valence-electron chi connectivity index (χ0n) is 10.9. The minimum Gasteiger partial charge on any atom is -0.393 e. The van der Waals surface area contributed by atoms with Crippen LogP contribution in [-0.4, -0.2) is 28.5 Å². The fourth-order valence-corrected chi connectivity index (χ4v) is 1.66. The fraction of sp³-hybridized carbons (Fsp3) is 0.583. The summed E-state index contributed by atoms with van der Waals surface area (Å²) >= 11 is 4.98. The average molecular weight is 252 g/mol. The third kappa shape index (κ3) is 3.93. The van der Waals surface area contributed by atoms with Crippen LogP contribution in [-0.2, 0) is 6.42 Å². The van der Waals surface area contributed by atoms with Crippen LogP contribution in [0.15, 0.2) is 6.07 Å². The quantitative estimate of drug-likeness (QED) is 0.808. The van der Waals surface area contributed by atoms with Crippen LogP contribution in [0, 0.1) is 12.8 Å². The van der Waals surface area contributed by atoms with Gasteiger partial charge in [0.2, 0.25) is 0 Å². The van der Waals surface area contributed by atoms with E-state index in [2.05, 4.69) is 21.8 Å². The summed E-state index contributed by atoms with van der Waals surface area (Å²) in [7, 11) is 2.00. The minimum atomic E-state index is 0.176. The molecule has 94 valence electrons. The summed E-state index contributed by atoms with van der Waals surface area (Å²) in [6, 6.07) is 2.01. The van der Waals surface area contributed by atoms with Crippen molar-refractivity contribution in [3.8, 4) is 0 Å². The highest BCUT2D eigenvalue weighted by Gasteiger charge is 2.11. The van der Waals surface area contributed by atoms with Crippen LogP contribution >= 0.6 is 12.2 Å². The van der Waals surface area contributed by atoms with Crippen LogP contribution in [0.4, 0.5) is 5.82 Å². The predicted octanol–water partition coefficient (Wildman–Crippen LogP) is 1.71. The van der Waals surface area contributed by atoms with Crippen molar-refractivity contribution in [2.75, 3.05) is 18.5 Å². The van der Waals surface area contributed by atoms with Crippen LogP contribution < -0.4 is 10.6 Å². The van der Waals surface area contributed by atoms with Crippen molar-refractivity contribution in [3.63, 3.8) is 0 Å². The summed E-state index contributed by atoms with van der Waals surface area (Å²) in [5, 5.41) is 0. The molecule has 0 aromatic carbocycles. The molecule has 1 aromatic rings. The first-order valence-electron chi connectivity index (χ1n) is 5.79. The monoisotopic (exact) mass is 252 g/mol. The van der Waals surface area contributed by atoms with E-state index in [0.29, 0.717) is 4.99 Å². The Balaban J connectivity index is 2.84. The van der Waals surface area contributed by atoms with Gasteiger partial charge in [0, 0.05) is 31.3 Å². The standard InChI is InChI=1S/C12H20N4S/c1-5-10-6-11(15-9(3)14-10)16(4)7-8(2)12(13)17/h6,8H,5,7H2,1-4H3,(H2,13,17). The van der Waals surface area contributed by atoms with E-state index in [1.807, 2.05) is 27.0 Å². The number of aromatic nitrogens is 2. The first kappa shape index (κ1) is 13.8. The largest absolute Gasteiger partial charge is 0.393 e. The van der Waals surface area contributed by atoms with Crippen LogP contribution in [0.25, 0.3) is 0 Å². The number of nitrogens with two attached hydrogens (primary N) is 1. The highest BCUT2D eigenvalue weighted by Crippen LogP contribution is 2.13. The lowest BCUT2D eigenvalue weighted by Crippen LogP contribution is -2.32. The van der Waals surface area contributed by atoms with Crippen LogP contribution in [0.1, 0.15) is 25.4 Å². The van der Waals surface area contributed by atoms with Crippen molar-refractivity contribution in [3.05, 3.63) is 17.6 Å². The maximum Gasteiger partial charge on any atom is 0.132 e. The second-order valence-electron chi connectivity index (χ2n) is 4.30. The maximum atomic E-state index is 5.62. The van der Waals surface area contributed by atoms with E-state index in [1.165, 1.54) is 0 Å². The summed E-state index contributed by atoms with van der Waals surface area (Å²) in [5.41, 5.74) is 6.68. The Morgan fingerprint density at radius 1 is 1.53 bits per heavy atom. The Morgan fingerprint density at radius 2 is 2.18 bits per heavy atom. The molecule has 1 atom stereocenters. The van der Waals surface area contributed by atoms with Gasteiger partial charge in [-0.05, 0) is 13.3 Å². The third-order valence-corrected chi connectivity index (χ3v) is 3.07. The molecule has 0 saturated heterocycles. The molecule has 1 aromatic heterocycles. The van der Waals surface area contributed by atoms with E-state index < -0.39 is 0 Å². The Kier molecular flexibility index (Phi) is 4.81. The Labute approximate surface area is 108 Å². The summed E-state index contributed by atoms with van der Waals surface area (Å²) < 4.78 is 0. The zero-order valence-corrected chi connectivity index (χ0v) is 11.7. The molecule has 2 N–H and O–H groups in total. The molecule has 1 unspecified atom stereocenters. The topological polar surface area (TPSA) is 55.0 Å². The number of anilines is 1. The SMILES string of the molecule is CCc1cc(N(C)CC(C)C(N)=S)nc(C)n1. The van der Waals surface area contributed by atoms with Crippen LogP contribution in [0.3, 0.4) is 0 Å². The van der Waals surface area contributed by atoms with Crippen molar-refractivity contribution in [1.29, 1.82) is 0 Å². The van der Waals surface area contributed by atoms with Gasteiger partial charge in [0.15, 0.2) is 0 Å². The van der Waals surface area contributed by atoms with Crippen molar-refractivity contribution >= 4 is 23.0 Å². The van der Waals surface area contributed by atoms with Gasteiger partial charge in [-0.2, -0.15) is 0 Å². The number of nitrogens with zero attached hydrogens (tertiary/aromatic N) is 3. The predicted molar refractivity (Wildman–Crippen MR) is 75.4 cm³/mol. The normalized spacial score (nSPS) is 12.2. The van der Waals surface area contributed by atoms with Gasteiger partial charge in [-0.3, -0.25) is 0 Å². The van der Waals surface area contributed by atoms with E-state index in [9.17, 15) is 0 Å². The highest BCUT2D eigenvalue weighted by atomic mass is 32.1. The molecule has 1 heterocycles. The third-order valence-electron chi connectivity index (χ3n) is 2.66. The van der Waals surface area contributed by atoms with Gasteiger partial charge in [0.05, 0.1) is 4.99 Å². The molecule has 5 heteroatoms. The van der Waals surface area contributed by atoms with Crippen LogP contribution in [0.5, 0.6) is 0 Å². The molecule has 0 aliphatic carbocycles. The van der Waals surface area contributed by atoms with Crippen LogP contribution in [0.2, 0.25) is 0 Å². The van der Waals surface area contributed by atoms with Gasteiger partial charge in [0.25, 0.3) is 0 Å². The Bertz CT molecular complexity index is 405. The molecule has 1 rings (SSSR count). The molecule has 0 radical (unpaired) electrons. The van der Waals surface area contributed by atoms with Crippen molar-refractivity contribution in [2.45, 2.75) is 27.2 Å². The lowest BCUT2D eigenvalue weighted by Gasteiger charge is -2.22. The second kappa shape index (κ2) is 5.91. The first-order valence-corrected chi connectivity index (χ1v) is 6.19. The van der Waals surface area contributed by atoms with Crippen molar-refractivity contribution < 1.29 is 0 Å². The Hall–Kier alpha value is -1.23. The molecule has 0 bridgehead atoms. The molecule has 0 saturated carbocycles. The van der Waals surface area contributed by atoms with E-state index >= 15 is 0 Å². The van der Waals surface area contributed by atoms with Crippen molar-refractivity contribution in [1.82, 2.24) is 9.97 Å². The van der Waals surface area contributed by atoms with Gasteiger partial charge >= 0.3 is 0 Å². The van der Waals surface area contributed by atoms with Gasteiger partial charge in [0.1, 0.15) is 11.6 Å². The van der Waals surface area contributed by atoms with E-state index in [-0.39, 0.29) is 5.92 Å². The summed E-state index contributed by atoms with van der Waals surface area (Å²) in [6.45, 7) is 6.79. The van der Waals surface area contributed by atoms with E-state index in [4.69, 9.17) is 18.0 Å². The van der Waals surface area contributed by atoms with Gasteiger partial charge < -0.3 is 10.6 Å². The molecule has 0 amide bonds. The van der Waals surface area contributed by atoms with Crippen molar-refractivity contribution in [2.24, 2.45) is 11.7 Å². The van der Waals surface area contributed by atoms with E-state index in [0.717, 1.165) is 30.3 Å². The molecular weight excluding hydrogens is 232 g/mol. The highest BCUT2D eigenvalue weighted by molar-refractivity contribution is 7.80. The molecular formula is C12H20N4S. The number of aryl methyl sites for hydroxylation is 2. The van der Waals surface area contributed by atoms with Gasteiger partial charge in [-0.1, -0.05) is 26.1 Å². The molecule has 4 nitrogen and oxygen atoms in total. The number of thiocarbonyl (C=S) groups is 1. The van der Waals surface area contributed by atoms with Gasteiger partial charge in [-0.25, -0.2) is 9.97 Å². The second-order valence-corrected chi connectivity index (χ2v) is 4.77. The van der Waals surface area contributed by atoms with Gasteiger partial charge in [-0.15, -0.1) is 0 Å². The zero-order chi connectivity index (χ0) is 13.0. The molecule has 17 heavy (non-hydrogen) atoms. The lowest BCUT2D eigenvalue weighted by atomic mass is 10.1. The Morgan fingerprint density at radius 3 is 2.71 bits per heavy atom. The minimum absolute atomic E-state index is 0.176. The fourth-order valence-electron chi connectivity index (χ4n) is 1.58. The summed E-state index contributed by atoms with van der Waals surface area (Å²) in [6.07, 6.45) is 0.912. The number of hydrogen-bond acceptors (Lipinski definition) is 4. The number of rotatable bonds is 5. The summed E-state index contributed by atoms with van der Waals surface area (Å²) in [5.74, 6) is 1.90. The average Bonchev–Trinajstić information content (AvgIpc) is 2.27. The molecule has 0 aliphatic heterocycles. The maximum absolute atomic E-state index is 5.62. The molecule has 0 spiro atoms. The molecule has 0 fully saturated rings. The van der Waals surface area contributed by atoms with E-state index in [1.54, 1.807) is 0 Å². The summed E-state index contributed by atoms with van der Waals surface area (Å²) in [4.78, 5) is 11.4.